The number of benzene rings is 2. The molecule has 132 valence electrons. The molecule has 25 heavy (non-hydrogen) atoms. The molecule has 0 aliphatic carbocycles. The van der Waals surface area contributed by atoms with Crippen LogP contribution >= 0.6 is 46.4 Å². The Labute approximate surface area is 167 Å². The lowest BCUT2D eigenvalue weighted by atomic mass is 10.2. The molecule has 1 amide bonds. The highest BCUT2D eigenvalue weighted by Gasteiger charge is 2.16. The second-order valence-electron chi connectivity index (χ2n) is 4.83. The average molecular weight is 495 g/mol. The van der Waals surface area contributed by atoms with Gasteiger partial charge < -0.3 is 15.2 Å². The summed E-state index contributed by atoms with van der Waals surface area (Å²) in [4.78, 5) is 12.0. The van der Waals surface area contributed by atoms with Crippen molar-refractivity contribution in [2.75, 3.05) is 7.11 Å². The Morgan fingerprint density at radius 3 is 2.72 bits per heavy atom. The van der Waals surface area contributed by atoms with Crippen LogP contribution in [0, 0.1) is 9.39 Å². The van der Waals surface area contributed by atoms with Gasteiger partial charge in [-0.3, -0.25) is 10.1 Å². The van der Waals surface area contributed by atoms with Crippen LogP contribution in [-0.2, 0) is 6.61 Å². The summed E-state index contributed by atoms with van der Waals surface area (Å²) >= 11 is 12.7. The van der Waals surface area contributed by atoms with Crippen LogP contribution in [0.15, 0.2) is 30.3 Å². The van der Waals surface area contributed by atoms with Crippen molar-refractivity contribution in [3.05, 3.63) is 55.9 Å². The van der Waals surface area contributed by atoms with Crippen LogP contribution in [0.2, 0.25) is 5.02 Å². The topological polar surface area (TPSA) is 73.6 Å². The number of hydrogen-bond donors (Lipinski definition) is 2. The Morgan fingerprint density at radius 2 is 2.12 bits per heavy atom. The molecule has 0 unspecified atom stereocenters. The minimum atomic E-state index is -0.447. The number of halogens is 3. The zero-order chi connectivity index (χ0) is 18.6. The van der Waals surface area contributed by atoms with E-state index in [4.69, 9.17) is 26.8 Å². The molecule has 2 aromatic carbocycles. The predicted octanol–water partition coefficient (Wildman–Crippen LogP) is 3.64. The summed E-state index contributed by atoms with van der Waals surface area (Å²) in [5.74, 6) is -0.0699. The highest BCUT2D eigenvalue weighted by Crippen LogP contribution is 2.35. The van der Waals surface area contributed by atoms with Gasteiger partial charge in [-0.15, -0.1) is 0 Å². The fourth-order valence-corrected chi connectivity index (χ4v) is 3.04. The van der Waals surface area contributed by atoms with Crippen LogP contribution in [0.25, 0.3) is 0 Å². The predicted molar refractivity (Wildman–Crippen MR) is 106 cm³/mol. The molecule has 3 N–H and O–H groups in total. The highest BCUT2D eigenvalue weighted by molar-refractivity contribution is 14.1. The normalized spacial score (nSPS) is 10.2. The lowest BCUT2D eigenvalue weighted by molar-refractivity contribution is 0.0977. The number of hydrogen-bond acceptors (Lipinski definition) is 4. The van der Waals surface area contributed by atoms with E-state index in [0.29, 0.717) is 26.2 Å². The SMILES string of the molecule is COc1cc(C(=O)NC(N)=S)cc(I)c1OCc1ccc(F)cc1Cl. The van der Waals surface area contributed by atoms with Gasteiger partial charge in [0.25, 0.3) is 5.91 Å². The molecule has 0 bridgehead atoms. The molecule has 2 aromatic rings. The summed E-state index contributed by atoms with van der Waals surface area (Å²) in [6.07, 6.45) is 0. The first kappa shape index (κ1) is 19.7. The summed E-state index contributed by atoms with van der Waals surface area (Å²) in [6, 6.07) is 7.18. The molecule has 0 fully saturated rings. The van der Waals surface area contributed by atoms with E-state index >= 15 is 0 Å². The maximum atomic E-state index is 13.1. The molecule has 0 aliphatic rings. The lowest BCUT2D eigenvalue weighted by Crippen LogP contribution is -2.34. The Morgan fingerprint density at radius 1 is 1.40 bits per heavy atom. The number of carbonyl (C=O) groups excluding carboxylic acids is 1. The largest absolute Gasteiger partial charge is 0.493 e. The Bertz CT molecular complexity index is 835. The van der Waals surface area contributed by atoms with Crippen molar-refractivity contribution in [3.63, 3.8) is 0 Å². The van der Waals surface area contributed by atoms with Crippen molar-refractivity contribution in [2.45, 2.75) is 6.61 Å². The van der Waals surface area contributed by atoms with Crippen LogP contribution in [0.5, 0.6) is 11.5 Å². The number of nitrogens with one attached hydrogen (secondary N) is 1. The molecule has 0 atom stereocenters. The molecule has 0 spiro atoms. The first-order valence-electron chi connectivity index (χ1n) is 6.87. The van der Waals surface area contributed by atoms with Gasteiger partial charge in [-0.1, -0.05) is 17.7 Å². The summed E-state index contributed by atoms with van der Waals surface area (Å²) in [5.41, 5.74) is 6.25. The second-order valence-corrected chi connectivity index (χ2v) is 6.84. The van der Waals surface area contributed by atoms with Gasteiger partial charge in [0.1, 0.15) is 12.4 Å². The number of nitrogens with two attached hydrogens (primary N) is 1. The van der Waals surface area contributed by atoms with Gasteiger partial charge in [-0.05, 0) is 59.1 Å². The molecule has 2 rings (SSSR count). The first-order chi connectivity index (χ1) is 11.8. The molecular formula is C16H13ClFIN2O3S. The van der Waals surface area contributed by atoms with Crippen molar-refractivity contribution < 1.29 is 18.7 Å². The number of carbonyl (C=O) groups is 1. The third-order valence-corrected chi connectivity index (χ3v) is 4.37. The van der Waals surface area contributed by atoms with Gasteiger partial charge in [-0.2, -0.15) is 0 Å². The molecule has 0 aromatic heterocycles. The maximum absolute atomic E-state index is 13.1. The monoisotopic (exact) mass is 494 g/mol. The smallest absolute Gasteiger partial charge is 0.257 e. The first-order valence-corrected chi connectivity index (χ1v) is 8.73. The minimum Gasteiger partial charge on any atom is -0.493 e. The van der Waals surface area contributed by atoms with E-state index in [1.54, 1.807) is 12.1 Å². The third-order valence-electron chi connectivity index (χ3n) is 3.12. The molecule has 0 saturated carbocycles. The fraction of sp³-hybridized carbons (Fsp3) is 0.125. The van der Waals surface area contributed by atoms with E-state index in [-0.39, 0.29) is 16.7 Å². The van der Waals surface area contributed by atoms with Gasteiger partial charge in [-0.25, -0.2) is 4.39 Å². The Hall–Kier alpha value is -1.65. The number of ether oxygens (including phenoxy) is 2. The van der Waals surface area contributed by atoms with Gasteiger partial charge in [0.2, 0.25) is 0 Å². The van der Waals surface area contributed by atoms with Crippen molar-refractivity contribution >= 4 is 57.4 Å². The summed E-state index contributed by atoms with van der Waals surface area (Å²) in [5, 5.41) is 2.49. The summed E-state index contributed by atoms with van der Waals surface area (Å²) < 4.78 is 24.8. The number of rotatable bonds is 5. The zero-order valence-electron chi connectivity index (χ0n) is 12.9. The van der Waals surface area contributed by atoms with Crippen LogP contribution < -0.4 is 20.5 Å². The Kier molecular flexibility index (Phi) is 6.79. The van der Waals surface area contributed by atoms with E-state index in [1.165, 1.54) is 25.3 Å². The van der Waals surface area contributed by atoms with E-state index in [2.05, 4.69) is 17.5 Å². The van der Waals surface area contributed by atoms with Gasteiger partial charge >= 0.3 is 0 Å². The summed E-state index contributed by atoms with van der Waals surface area (Å²) in [7, 11) is 1.46. The highest BCUT2D eigenvalue weighted by atomic mass is 127. The number of methoxy groups -OCH3 is 1. The second kappa shape index (κ2) is 8.63. The van der Waals surface area contributed by atoms with E-state index in [1.807, 2.05) is 22.6 Å². The van der Waals surface area contributed by atoms with Crippen molar-refractivity contribution in [2.24, 2.45) is 5.73 Å². The standard InChI is InChI=1S/C16H13ClFIN2O3S/c1-23-13-5-9(15(22)21-16(20)25)4-12(19)14(13)24-7-8-2-3-10(18)6-11(8)17/h2-6H,7H2,1H3,(H3,20,21,22,25). The Balaban J connectivity index is 2.25. The molecular weight excluding hydrogens is 482 g/mol. The van der Waals surface area contributed by atoms with Crippen LogP contribution in [0.3, 0.4) is 0 Å². The number of thiocarbonyl (C=S) groups is 1. The third kappa shape index (κ3) is 5.16. The van der Waals surface area contributed by atoms with Crippen LogP contribution in [-0.4, -0.2) is 18.1 Å². The van der Waals surface area contributed by atoms with Gasteiger partial charge in [0.15, 0.2) is 16.6 Å². The average Bonchev–Trinajstić information content (AvgIpc) is 2.53. The summed E-state index contributed by atoms with van der Waals surface area (Å²) in [6.45, 7) is 0.115. The van der Waals surface area contributed by atoms with Gasteiger partial charge in [0.05, 0.1) is 15.7 Å². The van der Waals surface area contributed by atoms with E-state index < -0.39 is 11.7 Å². The van der Waals surface area contributed by atoms with Gasteiger partial charge in [0, 0.05) is 11.1 Å². The minimum absolute atomic E-state index is 0.115. The molecule has 0 saturated heterocycles. The van der Waals surface area contributed by atoms with Crippen molar-refractivity contribution in [3.8, 4) is 11.5 Å². The van der Waals surface area contributed by atoms with E-state index in [0.717, 1.165) is 0 Å². The lowest BCUT2D eigenvalue weighted by Gasteiger charge is -2.15. The van der Waals surface area contributed by atoms with Crippen molar-refractivity contribution in [1.29, 1.82) is 0 Å². The quantitative estimate of drug-likeness (QED) is 0.490. The number of amides is 1. The van der Waals surface area contributed by atoms with Crippen molar-refractivity contribution in [1.82, 2.24) is 5.32 Å². The van der Waals surface area contributed by atoms with Crippen LogP contribution in [0.4, 0.5) is 4.39 Å². The molecule has 0 heterocycles. The van der Waals surface area contributed by atoms with E-state index in [9.17, 15) is 9.18 Å². The maximum Gasteiger partial charge on any atom is 0.257 e. The zero-order valence-corrected chi connectivity index (χ0v) is 16.7. The fourth-order valence-electron chi connectivity index (χ4n) is 1.96. The van der Waals surface area contributed by atoms with Crippen LogP contribution in [0.1, 0.15) is 15.9 Å². The molecule has 9 heteroatoms. The molecule has 0 aliphatic heterocycles. The molecule has 5 nitrogen and oxygen atoms in total. The molecule has 0 radical (unpaired) electrons.